The zero-order valence-electron chi connectivity index (χ0n) is 9.62. The summed E-state index contributed by atoms with van der Waals surface area (Å²) >= 11 is 5.93. The zero-order valence-corrected chi connectivity index (χ0v) is 10.4. The van der Waals surface area contributed by atoms with E-state index in [4.69, 9.17) is 11.6 Å². The fourth-order valence-electron chi connectivity index (χ4n) is 1.49. The molecule has 0 fully saturated rings. The van der Waals surface area contributed by atoms with Crippen molar-refractivity contribution in [3.63, 3.8) is 0 Å². The lowest BCUT2D eigenvalue weighted by Crippen LogP contribution is -2.03. The fourth-order valence-corrected chi connectivity index (χ4v) is 1.76. The maximum absolute atomic E-state index is 11.7. The van der Waals surface area contributed by atoms with Gasteiger partial charge in [0.2, 0.25) is 0 Å². The Labute approximate surface area is 104 Å². The first-order valence-corrected chi connectivity index (χ1v) is 5.58. The summed E-state index contributed by atoms with van der Waals surface area (Å²) in [7, 11) is 1.56. The number of nitrogens with one attached hydrogen (secondary N) is 1. The highest BCUT2D eigenvalue weighted by Crippen LogP contribution is 2.31. The molecule has 0 heterocycles. The van der Waals surface area contributed by atoms with Crippen LogP contribution in [-0.4, -0.2) is 17.8 Å². The first kappa shape index (κ1) is 13.4. The van der Waals surface area contributed by atoms with E-state index in [1.165, 1.54) is 12.1 Å². The predicted molar refractivity (Wildman–Crippen MR) is 66.9 cm³/mol. The Hall–Kier alpha value is -1.62. The number of Topliss-reactive ketones (excluding diaryl/α,β-unsaturated/α-hetero) is 1. The summed E-state index contributed by atoms with van der Waals surface area (Å²) < 4.78 is 0. The first-order chi connectivity index (χ1) is 8.01. The second-order valence-electron chi connectivity index (χ2n) is 3.53. The third kappa shape index (κ3) is 2.94. The molecule has 0 radical (unpaired) electrons. The van der Waals surface area contributed by atoms with Gasteiger partial charge in [0.1, 0.15) is 5.69 Å². The number of rotatable bonds is 5. The van der Waals surface area contributed by atoms with Crippen molar-refractivity contribution < 1.29 is 9.72 Å². The van der Waals surface area contributed by atoms with Gasteiger partial charge in [0.05, 0.1) is 9.95 Å². The highest BCUT2D eigenvalue weighted by Gasteiger charge is 2.19. The van der Waals surface area contributed by atoms with Gasteiger partial charge < -0.3 is 5.32 Å². The van der Waals surface area contributed by atoms with Gasteiger partial charge in [0.15, 0.2) is 5.78 Å². The van der Waals surface area contributed by atoms with E-state index in [1.54, 1.807) is 7.05 Å². The summed E-state index contributed by atoms with van der Waals surface area (Å²) in [4.78, 5) is 22.0. The lowest BCUT2D eigenvalue weighted by atomic mass is 10.1. The standard InChI is InChI=1S/C11H13ClN2O3/c1-3-4-11(15)7-5-10(14(16)17)9(13-2)6-8(7)12/h5-6,13H,3-4H2,1-2H3. The van der Waals surface area contributed by atoms with Crippen molar-refractivity contribution in [2.24, 2.45) is 0 Å². The number of halogens is 1. The van der Waals surface area contributed by atoms with Crippen LogP contribution in [0.1, 0.15) is 30.1 Å². The summed E-state index contributed by atoms with van der Waals surface area (Å²) in [5.74, 6) is -0.178. The summed E-state index contributed by atoms with van der Waals surface area (Å²) in [5.41, 5.74) is 0.364. The molecule has 17 heavy (non-hydrogen) atoms. The van der Waals surface area contributed by atoms with Crippen molar-refractivity contribution in [2.75, 3.05) is 12.4 Å². The van der Waals surface area contributed by atoms with Crippen LogP contribution in [0.3, 0.4) is 0 Å². The Balaban J connectivity index is 3.29. The molecule has 0 aliphatic heterocycles. The number of nitro groups is 1. The van der Waals surface area contributed by atoms with Crippen molar-refractivity contribution in [2.45, 2.75) is 19.8 Å². The lowest BCUT2D eigenvalue weighted by Gasteiger charge is -2.07. The molecule has 5 nitrogen and oxygen atoms in total. The van der Waals surface area contributed by atoms with Crippen LogP contribution in [0.5, 0.6) is 0 Å². The van der Waals surface area contributed by atoms with Crippen LogP contribution in [0.4, 0.5) is 11.4 Å². The predicted octanol–water partition coefficient (Wildman–Crippen LogP) is 3.27. The van der Waals surface area contributed by atoms with Gasteiger partial charge >= 0.3 is 0 Å². The van der Waals surface area contributed by atoms with Crippen LogP contribution >= 0.6 is 11.6 Å². The number of nitrogens with zero attached hydrogens (tertiary/aromatic N) is 1. The van der Waals surface area contributed by atoms with Crippen LogP contribution < -0.4 is 5.32 Å². The highest BCUT2D eigenvalue weighted by molar-refractivity contribution is 6.34. The molecular weight excluding hydrogens is 244 g/mol. The lowest BCUT2D eigenvalue weighted by molar-refractivity contribution is -0.384. The second kappa shape index (κ2) is 5.63. The number of carbonyl (C=O) groups is 1. The maximum atomic E-state index is 11.7. The highest BCUT2D eigenvalue weighted by atomic mass is 35.5. The van der Waals surface area contributed by atoms with Crippen molar-refractivity contribution in [3.05, 3.63) is 32.8 Å². The molecule has 1 aromatic carbocycles. The Kier molecular flexibility index (Phi) is 4.45. The molecule has 0 amide bonds. The average molecular weight is 257 g/mol. The van der Waals surface area contributed by atoms with Gasteiger partial charge in [-0.3, -0.25) is 14.9 Å². The minimum Gasteiger partial charge on any atom is -0.383 e. The number of hydrogen-bond acceptors (Lipinski definition) is 4. The van der Waals surface area contributed by atoms with Crippen LogP contribution in [0, 0.1) is 10.1 Å². The average Bonchev–Trinajstić information content (AvgIpc) is 2.28. The quantitative estimate of drug-likeness (QED) is 0.498. The number of hydrogen-bond donors (Lipinski definition) is 1. The monoisotopic (exact) mass is 256 g/mol. The third-order valence-electron chi connectivity index (χ3n) is 2.33. The van der Waals surface area contributed by atoms with Crippen LogP contribution in [0.25, 0.3) is 0 Å². The summed E-state index contributed by atoms with van der Waals surface area (Å²) in [6, 6.07) is 2.63. The molecule has 0 aliphatic carbocycles. The van der Waals surface area contributed by atoms with Crippen molar-refractivity contribution in [3.8, 4) is 0 Å². The molecule has 0 aliphatic rings. The van der Waals surface area contributed by atoms with Gasteiger partial charge in [-0.15, -0.1) is 0 Å². The van der Waals surface area contributed by atoms with Crippen LogP contribution in [-0.2, 0) is 0 Å². The number of anilines is 1. The zero-order chi connectivity index (χ0) is 13.0. The molecule has 1 N–H and O–H groups in total. The number of ketones is 1. The molecule has 0 saturated heterocycles. The van der Waals surface area contributed by atoms with E-state index < -0.39 is 4.92 Å². The molecule has 0 aromatic heterocycles. The largest absolute Gasteiger partial charge is 0.383 e. The summed E-state index contributed by atoms with van der Waals surface area (Å²) in [5, 5.41) is 13.7. The molecule has 6 heteroatoms. The van der Waals surface area contributed by atoms with Gasteiger partial charge in [-0.05, 0) is 12.5 Å². The normalized spacial score (nSPS) is 10.1. The van der Waals surface area contributed by atoms with E-state index in [0.29, 0.717) is 18.5 Å². The van der Waals surface area contributed by atoms with Gasteiger partial charge in [-0.2, -0.15) is 0 Å². The molecule has 0 atom stereocenters. The van der Waals surface area contributed by atoms with E-state index in [-0.39, 0.29) is 22.1 Å². The van der Waals surface area contributed by atoms with Gasteiger partial charge in [0.25, 0.3) is 5.69 Å². The van der Waals surface area contributed by atoms with E-state index in [0.717, 1.165) is 0 Å². The summed E-state index contributed by atoms with van der Waals surface area (Å²) in [6.45, 7) is 1.86. The molecule has 0 spiro atoms. The van der Waals surface area contributed by atoms with E-state index in [9.17, 15) is 14.9 Å². The Morgan fingerprint density at radius 2 is 2.18 bits per heavy atom. The first-order valence-electron chi connectivity index (χ1n) is 5.20. The van der Waals surface area contributed by atoms with Crippen molar-refractivity contribution >= 4 is 28.8 Å². The molecule has 1 aromatic rings. The fraction of sp³-hybridized carbons (Fsp3) is 0.364. The number of nitro benzene ring substituents is 1. The van der Waals surface area contributed by atoms with Gasteiger partial charge in [0, 0.05) is 25.1 Å². The minimum absolute atomic E-state index is 0.142. The minimum atomic E-state index is -0.537. The van der Waals surface area contributed by atoms with E-state index in [2.05, 4.69) is 5.32 Å². The number of benzene rings is 1. The second-order valence-corrected chi connectivity index (χ2v) is 3.94. The molecule has 92 valence electrons. The summed E-state index contributed by atoms with van der Waals surface area (Å²) in [6.07, 6.45) is 1.01. The van der Waals surface area contributed by atoms with Gasteiger partial charge in [-0.25, -0.2) is 0 Å². The van der Waals surface area contributed by atoms with Gasteiger partial charge in [-0.1, -0.05) is 18.5 Å². The third-order valence-corrected chi connectivity index (χ3v) is 2.64. The molecule has 1 rings (SSSR count). The Bertz CT molecular complexity index is 460. The maximum Gasteiger partial charge on any atom is 0.293 e. The topological polar surface area (TPSA) is 72.2 Å². The van der Waals surface area contributed by atoms with E-state index in [1.807, 2.05) is 6.92 Å². The van der Waals surface area contributed by atoms with Crippen molar-refractivity contribution in [1.29, 1.82) is 0 Å². The van der Waals surface area contributed by atoms with E-state index >= 15 is 0 Å². The molecule has 0 unspecified atom stereocenters. The van der Waals surface area contributed by atoms with Crippen molar-refractivity contribution in [1.82, 2.24) is 0 Å². The van der Waals surface area contributed by atoms with Crippen LogP contribution in [0.15, 0.2) is 12.1 Å². The Morgan fingerprint density at radius 3 is 2.65 bits per heavy atom. The molecular formula is C11H13ClN2O3. The Morgan fingerprint density at radius 1 is 1.53 bits per heavy atom. The number of carbonyl (C=O) groups excluding carboxylic acids is 1. The SMILES string of the molecule is CCCC(=O)c1cc([N+](=O)[O-])c(NC)cc1Cl. The smallest absolute Gasteiger partial charge is 0.293 e. The molecule has 0 bridgehead atoms. The molecule has 0 saturated carbocycles. The van der Waals surface area contributed by atoms with Crippen LogP contribution in [0.2, 0.25) is 5.02 Å².